The minimum absolute atomic E-state index is 0.0567. The Labute approximate surface area is 124 Å². The third-order valence-corrected chi connectivity index (χ3v) is 3.23. The Hall–Kier alpha value is -1.79. The van der Waals surface area contributed by atoms with Crippen molar-refractivity contribution >= 4 is 5.91 Å². The zero-order valence-electron chi connectivity index (χ0n) is 12.4. The Morgan fingerprint density at radius 1 is 1.29 bits per heavy atom. The Morgan fingerprint density at radius 3 is 2.62 bits per heavy atom. The number of para-hydroxylation sites is 2. The highest BCUT2D eigenvalue weighted by atomic mass is 16.7. The predicted molar refractivity (Wildman–Crippen MR) is 76.4 cm³/mol. The van der Waals surface area contributed by atoms with Crippen LogP contribution in [0, 0.1) is 0 Å². The van der Waals surface area contributed by atoms with E-state index in [0.29, 0.717) is 37.7 Å². The third-order valence-electron chi connectivity index (χ3n) is 3.23. The molecule has 116 valence electrons. The summed E-state index contributed by atoms with van der Waals surface area (Å²) in [5.74, 6) is 0.370. The molecular weight excluding hydrogens is 274 g/mol. The molecule has 0 radical (unpaired) electrons. The van der Waals surface area contributed by atoms with Gasteiger partial charge in [-0.2, -0.15) is 0 Å². The summed E-state index contributed by atoms with van der Waals surface area (Å²) >= 11 is 0. The molecule has 0 atom stereocenters. The van der Waals surface area contributed by atoms with Crippen LogP contribution >= 0.6 is 0 Å². The molecule has 6 nitrogen and oxygen atoms in total. The van der Waals surface area contributed by atoms with Crippen molar-refractivity contribution in [3.8, 4) is 11.5 Å². The lowest BCUT2D eigenvalue weighted by Gasteiger charge is -2.22. The second-order valence-electron chi connectivity index (χ2n) is 4.87. The topological polar surface area (TPSA) is 66.0 Å². The van der Waals surface area contributed by atoms with Gasteiger partial charge in [-0.1, -0.05) is 12.1 Å². The molecule has 1 heterocycles. The Bertz CT molecular complexity index is 471. The van der Waals surface area contributed by atoms with Gasteiger partial charge in [0.05, 0.1) is 20.3 Å². The maximum Gasteiger partial charge on any atom is 0.257 e. The largest absolute Gasteiger partial charge is 0.493 e. The van der Waals surface area contributed by atoms with E-state index in [-0.39, 0.29) is 12.5 Å². The van der Waals surface area contributed by atoms with Crippen molar-refractivity contribution < 1.29 is 23.7 Å². The number of hydrogen-bond donors (Lipinski definition) is 1. The fourth-order valence-electron chi connectivity index (χ4n) is 2.06. The first kappa shape index (κ1) is 15.6. The van der Waals surface area contributed by atoms with Gasteiger partial charge in [-0.25, -0.2) is 0 Å². The summed E-state index contributed by atoms with van der Waals surface area (Å²) in [6, 6.07) is 7.20. The van der Waals surface area contributed by atoms with E-state index < -0.39 is 5.79 Å². The molecule has 1 N–H and O–H groups in total. The van der Waals surface area contributed by atoms with E-state index in [2.05, 4.69) is 5.32 Å². The van der Waals surface area contributed by atoms with Gasteiger partial charge in [-0.05, 0) is 19.1 Å². The van der Waals surface area contributed by atoms with Gasteiger partial charge in [-0.3, -0.25) is 4.79 Å². The van der Waals surface area contributed by atoms with Crippen LogP contribution in [0.5, 0.6) is 11.5 Å². The number of nitrogens with one attached hydrogen (secondary N) is 1. The minimum atomic E-state index is -0.587. The van der Waals surface area contributed by atoms with Crippen molar-refractivity contribution in [2.24, 2.45) is 0 Å². The molecule has 1 saturated heterocycles. The summed E-state index contributed by atoms with van der Waals surface area (Å²) in [5, 5.41) is 2.78. The quantitative estimate of drug-likeness (QED) is 0.822. The SMILES string of the molecule is COc1ccccc1OCC(=O)NCCC1(C)OCCO1. The number of benzene rings is 1. The molecule has 1 aromatic carbocycles. The zero-order chi connectivity index (χ0) is 15.1. The lowest BCUT2D eigenvalue weighted by molar-refractivity contribution is -0.146. The summed E-state index contributed by atoms with van der Waals surface area (Å²) in [4.78, 5) is 11.7. The van der Waals surface area contributed by atoms with Crippen molar-refractivity contribution in [1.29, 1.82) is 0 Å². The molecule has 6 heteroatoms. The van der Waals surface area contributed by atoms with Gasteiger partial charge >= 0.3 is 0 Å². The summed E-state index contributed by atoms with van der Waals surface area (Å²) < 4.78 is 21.5. The molecule has 1 fully saturated rings. The number of rotatable bonds is 7. The van der Waals surface area contributed by atoms with Gasteiger partial charge in [0.15, 0.2) is 23.9 Å². The number of methoxy groups -OCH3 is 1. The molecule has 0 spiro atoms. The normalized spacial score (nSPS) is 16.5. The minimum Gasteiger partial charge on any atom is -0.493 e. The van der Waals surface area contributed by atoms with Crippen molar-refractivity contribution in [2.45, 2.75) is 19.1 Å². The lowest BCUT2D eigenvalue weighted by atomic mass is 10.2. The van der Waals surface area contributed by atoms with Crippen LogP contribution in [0.15, 0.2) is 24.3 Å². The van der Waals surface area contributed by atoms with Crippen LogP contribution in [0.1, 0.15) is 13.3 Å². The van der Waals surface area contributed by atoms with E-state index in [4.69, 9.17) is 18.9 Å². The zero-order valence-corrected chi connectivity index (χ0v) is 12.4. The second kappa shape index (κ2) is 7.28. The number of carbonyl (C=O) groups excluding carboxylic acids is 1. The van der Waals surface area contributed by atoms with Crippen LogP contribution in [0.2, 0.25) is 0 Å². The molecule has 1 aromatic rings. The van der Waals surface area contributed by atoms with Gasteiger partial charge in [0.2, 0.25) is 0 Å². The van der Waals surface area contributed by atoms with Crippen molar-refractivity contribution in [2.75, 3.05) is 33.5 Å². The molecule has 0 aromatic heterocycles. The molecular formula is C15H21NO5. The highest BCUT2D eigenvalue weighted by Gasteiger charge is 2.30. The highest BCUT2D eigenvalue weighted by molar-refractivity contribution is 5.77. The summed E-state index contributed by atoms with van der Waals surface area (Å²) in [6.07, 6.45) is 0.605. The average Bonchev–Trinajstić information content (AvgIpc) is 2.92. The van der Waals surface area contributed by atoms with E-state index in [0.717, 1.165) is 0 Å². The Balaban J connectivity index is 1.70. The monoisotopic (exact) mass is 295 g/mol. The molecule has 21 heavy (non-hydrogen) atoms. The number of ether oxygens (including phenoxy) is 4. The smallest absolute Gasteiger partial charge is 0.257 e. The molecule has 0 unspecified atom stereocenters. The molecule has 0 saturated carbocycles. The van der Waals surface area contributed by atoms with Gasteiger partial charge in [0.1, 0.15) is 0 Å². The molecule has 1 amide bonds. The van der Waals surface area contributed by atoms with Gasteiger partial charge in [-0.15, -0.1) is 0 Å². The first-order chi connectivity index (χ1) is 10.1. The highest BCUT2D eigenvalue weighted by Crippen LogP contribution is 2.25. The maximum atomic E-state index is 11.7. The first-order valence-corrected chi connectivity index (χ1v) is 6.93. The van der Waals surface area contributed by atoms with Crippen LogP contribution in [-0.4, -0.2) is 45.2 Å². The predicted octanol–water partition coefficient (Wildman–Crippen LogP) is 1.34. The molecule has 2 rings (SSSR count). The van der Waals surface area contributed by atoms with Crippen LogP contribution < -0.4 is 14.8 Å². The third kappa shape index (κ3) is 4.61. The fraction of sp³-hybridized carbons (Fsp3) is 0.533. The number of amides is 1. The van der Waals surface area contributed by atoms with Crippen LogP contribution in [-0.2, 0) is 14.3 Å². The van der Waals surface area contributed by atoms with E-state index in [9.17, 15) is 4.79 Å². The molecule has 0 aliphatic carbocycles. The van der Waals surface area contributed by atoms with Gasteiger partial charge < -0.3 is 24.3 Å². The standard InChI is InChI=1S/C15H21NO5/c1-15(20-9-10-21-15)7-8-16-14(17)11-19-13-6-4-3-5-12(13)18-2/h3-6H,7-11H2,1-2H3,(H,16,17). The lowest BCUT2D eigenvalue weighted by Crippen LogP contribution is -2.35. The summed E-state index contributed by atoms with van der Waals surface area (Å²) in [7, 11) is 1.56. The van der Waals surface area contributed by atoms with Crippen molar-refractivity contribution in [3.63, 3.8) is 0 Å². The fourth-order valence-corrected chi connectivity index (χ4v) is 2.06. The first-order valence-electron chi connectivity index (χ1n) is 6.93. The van der Waals surface area contributed by atoms with Crippen molar-refractivity contribution in [1.82, 2.24) is 5.32 Å². The van der Waals surface area contributed by atoms with E-state index in [1.165, 1.54) is 0 Å². The van der Waals surface area contributed by atoms with E-state index >= 15 is 0 Å². The summed E-state index contributed by atoms with van der Waals surface area (Å²) in [5.41, 5.74) is 0. The van der Waals surface area contributed by atoms with E-state index in [1.807, 2.05) is 19.1 Å². The Morgan fingerprint density at radius 2 is 1.95 bits per heavy atom. The molecule has 1 aliphatic rings. The second-order valence-corrected chi connectivity index (χ2v) is 4.87. The van der Waals surface area contributed by atoms with Crippen molar-refractivity contribution in [3.05, 3.63) is 24.3 Å². The molecule has 1 aliphatic heterocycles. The van der Waals surface area contributed by atoms with Crippen LogP contribution in [0.25, 0.3) is 0 Å². The average molecular weight is 295 g/mol. The Kier molecular flexibility index (Phi) is 5.41. The number of carbonyl (C=O) groups is 1. The van der Waals surface area contributed by atoms with Crippen LogP contribution in [0.3, 0.4) is 0 Å². The van der Waals surface area contributed by atoms with E-state index in [1.54, 1.807) is 19.2 Å². The van der Waals surface area contributed by atoms with Gasteiger partial charge in [0.25, 0.3) is 5.91 Å². The van der Waals surface area contributed by atoms with Gasteiger partial charge in [0, 0.05) is 13.0 Å². The number of hydrogen-bond acceptors (Lipinski definition) is 5. The maximum absolute atomic E-state index is 11.7. The molecule has 0 bridgehead atoms. The summed E-state index contributed by atoms with van der Waals surface area (Å²) in [6.45, 7) is 3.49. The van der Waals surface area contributed by atoms with Crippen LogP contribution in [0.4, 0.5) is 0 Å².